The lowest BCUT2D eigenvalue weighted by molar-refractivity contribution is 0.256. The minimum atomic E-state index is -4.16. The zero-order valence-electron chi connectivity index (χ0n) is 26.4. The summed E-state index contributed by atoms with van der Waals surface area (Å²) >= 11 is 0. The number of unbranched alkanes of at least 4 members (excludes halogenated alkanes) is 12. The van der Waals surface area contributed by atoms with Crippen molar-refractivity contribution in [2.45, 2.75) is 110 Å². The van der Waals surface area contributed by atoms with Gasteiger partial charge in [-0.1, -0.05) is 164 Å². The Balaban J connectivity index is 0.00000132. The van der Waals surface area contributed by atoms with Gasteiger partial charge in [0.25, 0.3) is 0 Å². The second kappa shape index (κ2) is 22.3. The van der Waals surface area contributed by atoms with Crippen LogP contribution in [0.3, 0.4) is 0 Å². The average molecular weight is 600 g/mol. The molecule has 0 bridgehead atoms. The molecular formula is C36H57NO4S. The largest absolute Gasteiger partial charge is 0.397 e. The van der Waals surface area contributed by atoms with Gasteiger partial charge in [-0.3, -0.25) is 8.74 Å². The van der Waals surface area contributed by atoms with Crippen LogP contribution in [0.5, 0.6) is 0 Å². The molecule has 42 heavy (non-hydrogen) atoms. The monoisotopic (exact) mass is 599 g/mol. The van der Waals surface area contributed by atoms with Crippen LogP contribution in [0.25, 0.3) is 12.2 Å². The van der Waals surface area contributed by atoms with E-state index in [-0.39, 0.29) is 5.41 Å². The normalized spacial score (nSPS) is 11.5. The van der Waals surface area contributed by atoms with Crippen molar-refractivity contribution in [1.29, 1.82) is 0 Å². The lowest BCUT2D eigenvalue weighted by atomic mass is 9.73. The van der Waals surface area contributed by atoms with Crippen LogP contribution in [-0.4, -0.2) is 26.6 Å². The van der Waals surface area contributed by atoms with Crippen LogP contribution < -0.4 is 5.73 Å². The molecule has 2 rings (SSSR count). The smallest absolute Gasteiger partial charge is 0.330 e. The Bertz CT molecular complexity index is 1020. The van der Waals surface area contributed by atoms with Crippen LogP contribution in [0.15, 0.2) is 61.7 Å². The summed E-state index contributed by atoms with van der Waals surface area (Å²) in [4.78, 5) is 0. The Morgan fingerprint density at radius 3 is 1.33 bits per heavy atom. The van der Waals surface area contributed by atoms with Crippen LogP contribution in [0.4, 0.5) is 0 Å². The topological polar surface area (TPSA) is 89.6 Å². The molecule has 0 saturated carbocycles. The molecule has 3 N–H and O–H groups in total. The van der Waals surface area contributed by atoms with Gasteiger partial charge in [0.05, 0.1) is 7.11 Å². The highest BCUT2D eigenvalue weighted by Crippen LogP contribution is 2.33. The summed E-state index contributed by atoms with van der Waals surface area (Å²) in [6.45, 7) is 10.8. The van der Waals surface area contributed by atoms with E-state index in [0.29, 0.717) is 0 Å². The molecule has 0 aliphatic carbocycles. The third-order valence-electron chi connectivity index (χ3n) is 8.04. The summed E-state index contributed by atoms with van der Waals surface area (Å²) in [5, 5.41) is 0. The van der Waals surface area contributed by atoms with E-state index in [1.165, 1.54) is 112 Å². The maximum absolute atomic E-state index is 9.33. The quantitative estimate of drug-likeness (QED) is 0.104. The molecule has 6 heteroatoms. The Morgan fingerprint density at radius 1 is 0.714 bits per heavy atom. The first-order valence-electron chi connectivity index (χ1n) is 15.9. The molecule has 0 aliphatic heterocycles. The third-order valence-corrected chi connectivity index (χ3v) is 8.46. The molecule has 0 atom stereocenters. The predicted octanol–water partition coefficient (Wildman–Crippen LogP) is 9.62. The molecule has 2 aromatic carbocycles. The van der Waals surface area contributed by atoms with Gasteiger partial charge in [-0.2, -0.15) is 8.42 Å². The molecule has 0 radical (unpaired) electrons. The highest BCUT2D eigenvalue weighted by atomic mass is 32.3. The highest BCUT2D eigenvalue weighted by molar-refractivity contribution is 7.80. The standard InChI is InChI=1S/C35H53N.CH4O4S/c1-4-7-8-9-10-11-12-13-14-15-16-17-18-27-35(30-36,28-33-23-19-31(5-2)20-24-33)29-34-25-21-32(6-3)22-26-34;1-5-6(2,3)4/h5-6,19-26H,2-4,7-18,27-30,36H2,1H3;1H3,(H,2,3,4). The van der Waals surface area contributed by atoms with Crippen molar-refractivity contribution in [1.82, 2.24) is 0 Å². The van der Waals surface area contributed by atoms with Crippen molar-refractivity contribution in [3.8, 4) is 0 Å². The summed E-state index contributed by atoms with van der Waals surface area (Å²) in [7, 11) is -3.29. The Labute approximate surface area is 257 Å². The SMILES string of the molecule is C=Cc1ccc(CC(CN)(CCCCCCCCCCCCCCC)Cc2ccc(C=C)cc2)cc1.COS(=O)(=O)O. The Morgan fingerprint density at radius 2 is 1.05 bits per heavy atom. The molecule has 5 nitrogen and oxygen atoms in total. The summed E-state index contributed by atoms with van der Waals surface area (Å²) < 4.78 is 29.7. The number of rotatable bonds is 22. The van der Waals surface area contributed by atoms with Crippen molar-refractivity contribution in [3.05, 3.63) is 83.9 Å². The first-order valence-corrected chi connectivity index (χ1v) is 17.2. The lowest BCUT2D eigenvalue weighted by Gasteiger charge is -2.33. The molecular weight excluding hydrogens is 542 g/mol. The summed E-state index contributed by atoms with van der Waals surface area (Å²) in [6.07, 6.45) is 25.2. The van der Waals surface area contributed by atoms with Gasteiger partial charge < -0.3 is 5.73 Å². The van der Waals surface area contributed by atoms with Gasteiger partial charge >= 0.3 is 10.4 Å². The summed E-state index contributed by atoms with van der Waals surface area (Å²) in [6, 6.07) is 17.7. The molecule has 0 aromatic heterocycles. The molecule has 2 aromatic rings. The minimum absolute atomic E-state index is 0.100. The fraction of sp³-hybridized carbons (Fsp3) is 0.556. The van der Waals surface area contributed by atoms with Crippen LogP contribution >= 0.6 is 0 Å². The van der Waals surface area contributed by atoms with E-state index in [4.69, 9.17) is 10.3 Å². The Hall–Kier alpha value is -2.25. The lowest BCUT2D eigenvalue weighted by Crippen LogP contribution is -2.35. The molecule has 0 amide bonds. The average Bonchev–Trinajstić information content (AvgIpc) is 3.00. The van der Waals surface area contributed by atoms with E-state index < -0.39 is 10.4 Å². The van der Waals surface area contributed by atoms with Gasteiger partial charge in [-0.05, 0) is 53.5 Å². The van der Waals surface area contributed by atoms with Crippen molar-refractivity contribution in [3.63, 3.8) is 0 Å². The van der Waals surface area contributed by atoms with E-state index >= 15 is 0 Å². The number of hydrogen-bond donors (Lipinski definition) is 2. The van der Waals surface area contributed by atoms with Crippen LogP contribution in [0.1, 0.15) is 119 Å². The van der Waals surface area contributed by atoms with Gasteiger partial charge in [0, 0.05) is 0 Å². The van der Waals surface area contributed by atoms with Crippen LogP contribution in [0.2, 0.25) is 0 Å². The molecule has 0 saturated heterocycles. The van der Waals surface area contributed by atoms with Crippen molar-refractivity contribution in [2.75, 3.05) is 13.7 Å². The number of nitrogens with two attached hydrogens (primary N) is 1. The van der Waals surface area contributed by atoms with Gasteiger partial charge in [-0.15, -0.1) is 0 Å². The van der Waals surface area contributed by atoms with Crippen molar-refractivity contribution < 1.29 is 17.2 Å². The summed E-state index contributed by atoms with van der Waals surface area (Å²) in [5.41, 5.74) is 11.7. The third kappa shape index (κ3) is 17.6. The number of benzene rings is 2. The minimum Gasteiger partial charge on any atom is -0.330 e. The molecule has 0 spiro atoms. The maximum atomic E-state index is 9.33. The molecule has 0 unspecified atom stereocenters. The Kier molecular flexibility index (Phi) is 20.1. The molecule has 0 aliphatic rings. The van der Waals surface area contributed by atoms with Gasteiger partial charge in [-0.25, -0.2) is 0 Å². The van der Waals surface area contributed by atoms with Crippen molar-refractivity contribution >= 4 is 22.6 Å². The first kappa shape index (κ1) is 37.8. The second-order valence-electron chi connectivity index (χ2n) is 11.5. The van der Waals surface area contributed by atoms with E-state index in [1.54, 1.807) is 0 Å². The van der Waals surface area contributed by atoms with Crippen LogP contribution in [-0.2, 0) is 27.4 Å². The van der Waals surface area contributed by atoms with Crippen molar-refractivity contribution in [2.24, 2.45) is 11.1 Å². The van der Waals surface area contributed by atoms with E-state index in [0.717, 1.165) is 26.5 Å². The molecule has 0 fully saturated rings. The van der Waals surface area contributed by atoms with Gasteiger partial charge in [0.2, 0.25) is 0 Å². The highest BCUT2D eigenvalue weighted by Gasteiger charge is 2.29. The molecule has 0 heterocycles. The molecule has 236 valence electrons. The van der Waals surface area contributed by atoms with Gasteiger partial charge in [0.1, 0.15) is 0 Å². The van der Waals surface area contributed by atoms with E-state index in [1.807, 2.05) is 12.2 Å². The maximum Gasteiger partial charge on any atom is 0.397 e. The second-order valence-corrected chi connectivity index (χ2v) is 12.7. The fourth-order valence-corrected chi connectivity index (χ4v) is 5.41. The van der Waals surface area contributed by atoms with Crippen LogP contribution in [0, 0.1) is 5.41 Å². The van der Waals surface area contributed by atoms with E-state index in [9.17, 15) is 8.42 Å². The van der Waals surface area contributed by atoms with E-state index in [2.05, 4.69) is 72.8 Å². The van der Waals surface area contributed by atoms with Gasteiger partial charge in [0.15, 0.2) is 0 Å². The number of hydrogen-bond acceptors (Lipinski definition) is 4. The fourth-order valence-electron chi connectivity index (χ4n) is 5.41. The first-order chi connectivity index (χ1) is 20.2. The zero-order valence-corrected chi connectivity index (χ0v) is 27.2. The summed E-state index contributed by atoms with van der Waals surface area (Å²) in [5.74, 6) is 0. The zero-order chi connectivity index (χ0) is 31.1. The predicted molar refractivity (Wildman–Crippen MR) is 181 cm³/mol.